The Hall–Kier alpha value is -2.24. The fraction of sp³-hybridized carbons (Fsp3) is 0.211. The summed E-state index contributed by atoms with van der Waals surface area (Å²) in [6.07, 6.45) is 2.16. The molecule has 1 aromatic heterocycles. The standard InChI is InChI=1S/C19H18N2O2S/c22-19(23)16-12-24-18(20-16)15-11-21(10-13-6-2-1-3-7-13)17-9-5-4-8-14(15)17/h1-9,11,16,18,20H,10,12H2,(H,22,23)/t16-,18-/m1/s1. The highest BCUT2D eigenvalue weighted by molar-refractivity contribution is 7.99. The van der Waals surface area contributed by atoms with Crippen LogP contribution in [0.4, 0.5) is 0 Å². The molecule has 0 amide bonds. The number of nitrogens with zero attached hydrogens (tertiary/aromatic N) is 1. The quantitative estimate of drug-likeness (QED) is 0.765. The third-order valence-corrected chi connectivity index (χ3v) is 5.63. The summed E-state index contributed by atoms with van der Waals surface area (Å²) in [5, 5.41) is 13.6. The van der Waals surface area contributed by atoms with Crippen molar-refractivity contribution in [1.29, 1.82) is 0 Å². The first-order valence-corrected chi connectivity index (χ1v) is 8.99. The van der Waals surface area contributed by atoms with Crippen molar-refractivity contribution in [3.05, 3.63) is 71.9 Å². The Labute approximate surface area is 144 Å². The van der Waals surface area contributed by atoms with Gasteiger partial charge in [-0.25, -0.2) is 0 Å². The second kappa shape index (κ2) is 6.34. The minimum absolute atomic E-state index is 0.0213. The van der Waals surface area contributed by atoms with E-state index in [1.54, 1.807) is 11.8 Å². The molecule has 0 radical (unpaired) electrons. The van der Waals surface area contributed by atoms with Gasteiger partial charge in [0.15, 0.2) is 0 Å². The van der Waals surface area contributed by atoms with Gasteiger partial charge in [0.2, 0.25) is 0 Å². The number of para-hydroxylation sites is 1. The van der Waals surface area contributed by atoms with Crippen molar-refractivity contribution in [2.45, 2.75) is 18.0 Å². The summed E-state index contributed by atoms with van der Waals surface area (Å²) in [6, 6.07) is 18.2. The van der Waals surface area contributed by atoms with Gasteiger partial charge in [-0.1, -0.05) is 48.5 Å². The number of aromatic nitrogens is 1. The molecule has 0 aliphatic carbocycles. The van der Waals surface area contributed by atoms with Gasteiger partial charge in [-0.05, 0) is 11.6 Å². The minimum atomic E-state index is -0.780. The summed E-state index contributed by atoms with van der Waals surface area (Å²) >= 11 is 1.66. The smallest absolute Gasteiger partial charge is 0.321 e. The van der Waals surface area contributed by atoms with Crippen LogP contribution in [0.25, 0.3) is 10.9 Å². The molecule has 2 atom stereocenters. The summed E-state index contributed by atoms with van der Waals surface area (Å²) in [7, 11) is 0. The number of carboxylic acid groups (broad SMARTS) is 1. The van der Waals surface area contributed by atoms with E-state index in [1.807, 2.05) is 30.3 Å². The molecule has 2 aromatic carbocycles. The first kappa shape index (κ1) is 15.3. The van der Waals surface area contributed by atoms with E-state index in [-0.39, 0.29) is 5.37 Å². The highest BCUT2D eigenvalue weighted by Gasteiger charge is 2.31. The van der Waals surface area contributed by atoms with Crippen LogP contribution in [-0.4, -0.2) is 27.4 Å². The summed E-state index contributed by atoms with van der Waals surface area (Å²) in [4.78, 5) is 11.2. The highest BCUT2D eigenvalue weighted by Crippen LogP contribution is 2.37. The van der Waals surface area contributed by atoms with Crippen LogP contribution in [0.3, 0.4) is 0 Å². The Morgan fingerprint density at radius 3 is 2.67 bits per heavy atom. The topological polar surface area (TPSA) is 54.3 Å². The zero-order valence-corrected chi connectivity index (χ0v) is 13.9. The molecule has 2 N–H and O–H groups in total. The number of carbonyl (C=O) groups is 1. The fourth-order valence-electron chi connectivity index (χ4n) is 3.19. The van der Waals surface area contributed by atoms with E-state index in [2.05, 4.69) is 40.3 Å². The van der Waals surface area contributed by atoms with E-state index < -0.39 is 12.0 Å². The first-order chi connectivity index (χ1) is 11.7. The van der Waals surface area contributed by atoms with E-state index in [1.165, 1.54) is 16.5 Å². The third-order valence-electron chi connectivity index (χ3n) is 4.38. The Kier molecular flexibility index (Phi) is 4.04. The molecular weight excluding hydrogens is 320 g/mol. The molecule has 0 unspecified atom stereocenters. The van der Waals surface area contributed by atoms with Crippen LogP contribution < -0.4 is 5.32 Å². The van der Waals surface area contributed by atoms with Gasteiger partial charge in [0.05, 0.1) is 5.37 Å². The van der Waals surface area contributed by atoms with E-state index in [0.717, 1.165) is 12.1 Å². The van der Waals surface area contributed by atoms with Crippen molar-refractivity contribution < 1.29 is 9.90 Å². The summed E-state index contributed by atoms with van der Waals surface area (Å²) < 4.78 is 2.25. The monoisotopic (exact) mass is 338 g/mol. The summed E-state index contributed by atoms with van der Waals surface area (Å²) in [6.45, 7) is 0.807. The largest absolute Gasteiger partial charge is 0.480 e. The molecule has 1 fully saturated rings. The molecule has 1 saturated heterocycles. The molecule has 0 bridgehead atoms. The van der Waals surface area contributed by atoms with Crippen LogP contribution in [0.15, 0.2) is 60.8 Å². The molecule has 1 aliphatic rings. The van der Waals surface area contributed by atoms with Crippen molar-refractivity contribution in [2.24, 2.45) is 0 Å². The van der Waals surface area contributed by atoms with Crippen molar-refractivity contribution in [3.63, 3.8) is 0 Å². The predicted molar refractivity (Wildman–Crippen MR) is 97.2 cm³/mol. The number of nitrogens with one attached hydrogen (secondary N) is 1. The summed E-state index contributed by atoms with van der Waals surface area (Å²) in [5.41, 5.74) is 3.59. The van der Waals surface area contributed by atoms with Crippen molar-refractivity contribution in [1.82, 2.24) is 9.88 Å². The molecule has 4 rings (SSSR count). The number of hydrogen-bond acceptors (Lipinski definition) is 3. The van der Waals surface area contributed by atoms with Crippen LogP contribution in [0, 0.1) is 0 Å². The van der Waals surface area contributed by atoms with Crippen molar-refractivity contribution in [3.8, 4) is 0 Å². The van der Waals surface area contributed by atoms with Gasteiger partial charge in [0, 0.05) is 35.0 Å². The first-order valence-electron chi connectivity index (χ1n) is 7.94. The molecule has 0 saturated carbocycles. The van der Waals surface area contributed by atoms with Gasteiger partial charge in [-0.15, -0.1) is 11.8 Å². The number of benzene rings is 2. The number of hydrogen-bond donors (Lipinski definition) is 2. The summed E-state index contributed by atoms with van der Waals surface area (Å²) in [5.74, 6) is -0.184. The predicted octanol–water partition coefficient (Wildman–Crippen LogP) is 3.48. The molecule has 24 heavy (non-hydrogen) atoms. The maximum atomic E-state index is 11.2. The second-order valence-electron chi connectivity index (χ2n) is 5.99. The number of aliphatic carboxylic acids is 1. The molecule has 2 heterocycles. The lowest BCUT2D eigenvalue weighted by molar-refractivity contribution is -0.138. The average Bonchev–Trinajstić information content (AvgIpc) is 3.21. The Morgan fingerprint density at radius 2 is 1.92 bits per heavy atom. The van der Waals surface area contributed by atoms with Gasteiger partial charge in [-0.2, -0.15) is 0 Å². The van der Waals surface area contributed by atoms with Crippen LogP contribution in [0.5, 0.6) is 0 Å². The molecule has 5 heteroatoms. The average molecular weight is 338 g/mol. The van der Waals surface area contributed by atoms with E-state index in [0.29, 0.717) is 5.75 Å². The molecule has 122 valence electrons. The van der Waals surface area contributed by atoms with Crippen LogP contribution >= 0.6 is 11.8 Å². The second-order valence-corrected chi connectivity index (χ2v) is 7.12. The normalized spacial score (nSPS) is 20.5. The zero-order valence-electron chi connectivity index (χ0n) is 13.1. The number of fused-ring (bicyclic) bond motifs is 1. The van der Waals surface area contributed by atoms with Crippen LogP contribution in [0.2, 0.25) is 0 Å². The van der Waals surface area contributed by atoms with Crippen molar-refractivity contribution >= 4 is 28.6 Å². The molecule has 1 aliphatic heterocycles. The molecule has 4 nitrogen and oxygen atoms in total. The Morgan fingerprint density at radius 1 is 1.17 bits per heavy atom. The van der Waals surface area contributed by atoms with Gasteiger partial charge < -0.3 is 9.67 Å². The molecule has 3 aromatic rings. The molecule has 0 spiro atoms. The Bertz CT molecular complexity index is 875. The lowest BCUT2D eigenvalue weighted by atomic mass is 10.1. The van der Waals surface area contributed by atoms with Crippen LogP contribution in [0.1, 0.15) is 16.5 Å². The minimum Gasteiger partial charge on any atom is -0.480 e. The van der Waals surface area contributed by atoms with Crippen molar-refractivity contribution in [2.75, 3.05) is 5.75 Å². The lowest BCUT2D eigenvalue weighted by Gasteiger charge is -2.09. The lowest BCUT2D eigenvalue weighted by Crippen LogP contribution is -2.33. The zero-order chi connectivity index (χ0) is 16.5. The third kappa shape index (κ3) is 2.81. The molecular formula is C19H18N2O2S. The highest BCUT2D eigenvalue weighted by atomic mass is 32.2. The number of rotatable bonds is 4. The van der Waals surface area contributed by atoms with Crippen LogP contribution in [-0.2, 0) is 11.3 Å². The van der Waals surface area contributed by atoms with E-state index in [4.69, 9.17) is 0 Å². The maximum Gasteiger partial charge on any atom is 0.321 e. The van der Waals surface area contributed by atoms with Gasteiger partial charge in [-0.3, -0.25) is 10.1 Å². The SMILES string of the molecule is O=C(O)[C@H]1CS[C@H](c2cn(Cc3ccccc3)c3ccccc23)N1. The van der Waals surface area contributed by atoms with E-state index in [9.17, 15) is 9.90 Å². The van der Waals surface area contributed by atoms with Gasteiger partial charge >= 0.3 is 5.97 Å². The fourth-order valence-corrected chi connectivity index (χ4v) is 4.44. The number of thioether (sulfide) groups is 1. The number of carboxylic acids is 1. The van der Waals surface area contributed by atoms with Gasteiger partial charge in [0.1, 0.15) is 6.04 Å². The van der Waals surface area contributed by atoms with Gasteiger partial charge in [0.25, 0.3) is 0 Å². The Balaban J connectivity index is 1.71. The van der Waals surface area contributed by atoms with E-state index >= 15 is 0 Å². The maximum absolute atomic E-state index is 11.2.